The second-order valence-corrected chi connectivity index (χ2v) is 11.6. The zero-order chi connectivity index (χ0) is 22.6. The van der Waals surface area contributed by atoms with Crippen molar-refractivity contribution >= 4 is 27.4 Å². The molecule has 7 nitrogen and oxygen atoms in total. The Morgan fingerprint density at radius 3 is 2.67 bits per heavy atom. The quantitative estimate of drug-likeness (QED) is 0.678. The van der Waals surface area contributed by atoms with Gasteiger partial charge in [0, 0.05) is 37.1 Å². The molecule has 1 amide bonds. The lowest BCUT2D eigenvalue weighted by Gasteiger charge is -2.26. The van der Waals surface area contributed by atoms with Gasteiger partial charge < -0.3 is 10.2 Å². The molecule has 1 saturated heterocycles. The Morgan fingerprint density at radius 2 is 1.94 bits per heavy atom. The van der Waals surface area contributed by atoms with Crippen molar-refractivity contribution in [3.8, 4) is 0 Å². The van der Waals surface area contributed by atoms with E-state index < -0.39 is 21.3 Å². The van der Waals surface area contributed by atoms with Crippen LogP contribution in [0.2, 0.25) is 0 Å². The van der Waals surface area contributed by atoms with Gasteiger partial charge in [-0.1, -0.05) is 6.07 Å². The Kier molecular flexibility index (Phi) is 4.90. The molecule has 3 fully saturated rings. The van der Waals surface area contributed by atoms with Crippen LogP contribution in [0.4, 0.5) is 11.5 Å². The monoisotopic (exact) mass is 466 g/mol. The molecule has 0 radical (unpaired) electrons. The average Bonchev–Trinajstić information content (AvgIpc) is 3.76. The second-order valence-electron chi connectivity index (χ2n) is 9.94. The highest BCUT2D eigenvalue weighted by molar-refractivity contribution is 7.90. The molecule has 33 heavy (non-hydrogen) atoms. The summed E-state index contributed by atoms with van der Waals surface area (Å²) in [7, 11) is -3.97. The lowest BCUT2D eigenvalue weighted by atomic mass is 9.93. The lowest BCUT2D eigenvalue weighted by Crippen LogP contribution is -2.40. The maximum atomic E-state index is 13.6. The summed E-state index contributed by atoms with van der Waals surface area (Å²) in [6.07, 6.45) is 9.37. The molecule has 8 heteroatoms. The molecule has 1 aromatic heterocycles. The van der Waals surface area contributed by atoms with E-state index in [1.807, 2.05) is 12.3 Å². The summed E-state index contributed by atoms with van der Waals surface area (Å²) in [6.45, 7) is 2.69. The number of pyridine rings is 1. The first-order valence-corrected chi connectivity index (χ1v) is 13.6. The highest BCUT2D eigenvalue weighted by atomic mass is 32.2. The summed E-state index contributed by atoms with van der Waals surface area (Å²) in [5.41, 5.74) is 2.89. The molecule has 2 saturated carbocycles. The van der Waals surface area contributed by atoms with Crippen LogP contribution in [-0.4, -0.2) is 38.9 Å². The second kappa shape index (κ2) is 7.72. The number of nitrogens with zero attached hydrogens (tertiary/aromatic N) is 2. The number of benzene rings is 1. The number of hydrogen-bond donors (Lipinski definition) is 2. The molecule has 2 N–H and O–H groups in total. The fraction of sp³-hybridized carbons (Fsp3) is 0.520. The largest absolute Gasteiger partial charge is 0.385 e. The first kappa shape index (κ1) is 21.0. The number of fused-ring (bicyclic) bond motifs is 1. The summed E-state index contributed by atoms with van der Waals surface area (Å²) in [5, 5.41) is 3.27. The molecule has 0 atom stereocenters. The Balaban J connectivity index is 1.34. The van der Waals surface area contributed by atoms with Gasteiger partial charge in [-0.05, 0) is 86.6 Å². The zero-order valence-corrected chi connectivity index (χ0v) is 19.6. The molecule has 0 unspecified atom stereocenters. The standard InChI is InChI=1S/C25H30N4O3S/c30-24(28-33(31,32)22-7-3-6-21-19(22)5-4-12-26-21)25(10-11-25)20-15-18(17-8-9-17)16-27-23(20)29-13-1-2-14-29/h3,6-7,15-17,26H,1-2,4-5,8-14H2,(H,28,30). The molecule has 6 rings (SSSR count). The van der Waals surface area contributed by atoms with E-state index in [9.17, 15) is 13.2 Å². The molecular weight excluding hydrogens is 436 g/mol. The first-order valence-electron chi connectivity index (χ1n) is 12.2. The van der Waals surface area contributed by atoms with Gasteiger partial charge in [-0.2, -0.15) is 0 Å². The van der Waals surface area contributed by atoms with Crippen molar-refractivity contribution in [3.05, 3.63) is 47.2 Å². The summed E-state index contributed by atoms with van der Waals surface area (Å²) >= 11 is 0. The lowest BCUT2D eigenvalue weighted by molar-refractivity contribution is -0.121. The van der Waals surface area contributed by atoms with E-state index in [1.165, 1.54) is 5.56 Å². The molecule has 0 bridgehead atoms. The van der Waals surface area contributed by atoms with Crippen LogP contribution in [0.3, 0.4) is 0 Å². The van der Waals surface area contributed by atoms with E-state index in [1.54, 1.807) is 12.1 Å². The number of hydrogen-bond acceptors (Lipinski definition) is 6. The molecule has 4 aliphatic rings. The van der Waals surface area contributed by atoms with E-state index in [-0.39, 0.29) is 4.90 Å². The average molecular weight is 467 g/mol. The van der Waals surface area contributed by atoms with Crippen LogP contribution in [0.15, 0.2) is 35.4 Å². The molecular formula is C25H30N4O3S. The predicted molar refractivity (Wildman–Crippen MR) is 127 cm³/mol. The zero-order valence-electron chi connectivity index (χ0n) is 18.8. The van der Waals surface area contributed by atoms with E-state index >= 15 is 0 Å². The van der Waals surface area contributed by atoms with Crippen LogP contribution in [-0.2, 0) is 26.7 Å². The first-order chi connectivity index (χ1) is 16.0. The van der Waals surface area contributed by atoms with Gasteiger partial charge in [-0.3, -0.25) is 4.79 Å². The van der Waals surface area contributed by atoms with Gasteiger partial charge in [-0.25, -0.2) is 18.1 Å². The molecule has 2 aliphatic carbocycles. The van der Waals surface area contributed by atoms with Gasteiger partial charge in [0.1, 0.15) is 5.82 Å². The number of sulfonamides is 1. The van der Waals surface area contributed by atoms with Gasteiger partial charge >= 0.3 is 0 Å². The number of carbonyl (C=O) groups excluding carboxylic acids is 1. The third kappa shape index (κ3) is 3.68. The van der Waals surface area contributed by atoms with Gasteiger partial charge in [0.2, 0.25) is 5.91 Å². The highest BCUT2D eigenvalue weighted by Gasteiger charge is 2.55. The summed E-state index contributed by atoms with van der Waals surface area (Å²) in [6, 6.07) is 7.38. The fourth-order valence-corrected chi connectivity index (χ4v) is 6.74. The van der Waals surface area contributed by atoms with Crippen LogP contribution < -0.4 is 14.9 Å². The fourth-order valence-electron chi connectivity index (χ4n) is 5.39. The molecule has 0 spiro atoms. The van der Waals surface area contributed by atoms with Crippen LogP contribution in [0.25, 0.3) is 0 Å². The Labute approximate surface area is 195 Å². The normalized spacial score (nSPS) is 21.3. The van der Waals surface area contributed by atoms with E-state index in [2.05, 4.69) is 21.0 Å². The van der Waals surface area contributed by atoms with Crippen molar-refractivity contribution in [2.24, 2.45) is 0 Å². The Hall–Kier alpha value is -2.61. The van der Waals surface area contributed by atoms with Crippen LogP contribution in [0.5, 0.6) is 0 Å². The van der Waals surface area contributed by atoms with Crippen molar-refractivity contribution in [1.82, 2.24) is 9.71 Å². The maximum absolute atomic E-state index is 13.6. The Bertz CT molecular complexity index is 1210. The van der Waals surface area contributed by atoms with Gasteiger partial charge in [0.25, 0.3) is 10.0 Å². The summed E-state index contributed by atoms with van der Waals surface area (Å²) in [4.78, 5) is 20.9. The topological polar surface area (TPSA) is 91.4 Å². The van der Waals surface area contributed by atoms with Crippen LogP contribution in [0.1, 0.15) is 67.6 Å². The van der Waals surface area contributed by atoms with Crippen molar-refractivity contribution < 1.29 is 13.2 Å². The van der Waals surface area contributed by atoms with Crippen molar-refractivity contribution in [2.75, 3.05) is 29.9 Å². The molecule has 174 valence electrons. The predicted octanol–water partition coefficient (Wildman–Crippen LogP) is 3.45. The smallest absolute Gasteiger partial charge is 0.264 e. The molecule has 1 aromatic carbocycles. The van der Waals surface area contributed by atoms with Gasteiger partial charge in [0.05, 0.1) is 10.3 Å². The number of aromatic nitrogens is 1. The summed E-state index contributed by atoms with van der Waals surface area (Å²) < 4.78 is 29.2. The molecule has 2 aliphatic heterocycles. The van der Waals surface area contributed by atoms with Crippen LogP contribution in [0, 0.1) is 0 Å². The van der Waals surface area contributed by atoms with Crippen molar-refractivity contribution in [2.45, 2.75) is 67.6 Å². The third-order valence-corrected chi connectivity index (χ3v) is 9.03. The van der Waals surface area contributed by atoms with Crippen LogP contribution >= 0.6 is 0 Å². The number of amides is 1. The highest BCUT2D eigenvalue weighted by Crippen LogP contribution is 2.53. The van der Waals surface area contributed by atoms with Crippen molar-refractivity contribution in [1.29, 1.82) is 0 Å². The minimum atomic E-state index is -3.97. The summed E-state index contributed by atoms with van der Waals surface area (Å²) in [5.74, 6) is 0.970. The number of carbonyl (C=O) groups is 1. The molecule has 3 heterocycles. The van der Waals surface area contributed by atoms with Gasteiger partial charge in [0.15, 0.2) is 0 Å². The number of rotatable bonds is 6. The maximum Gasteiger partial charge on any atom is 0.264 e. The number of anilines is 2. The Morgan fingerprint density at radius 1 is 1.15 bits per heavy atom. The third-order valence-electron chi connectivity index (χ3n) is 7.61. The van der Waals surface area contributed by atoms with Gasteiger partial charge in [-0.15, -0.1) is 0 Å². The van der Waals surface area contributed by atoms with Crippen molar-refractivity contribution in [3.63, 3.8) is 0 Å². The SMILES string of the molecule is O=C(NS(=O)(=O)c1cccc2c1CCCN2)C1(c2cc(C3CC3)cnc2N2CCCC2)CC1. The number of nitrogens with one attached hydrogen (secondary N) is 2. The van der Waals surface area contributed by atoms with E-state index in [0.717, 1.165) is 74.4 Å². The minimum absolute atomic E-state index is 0.209. The van der Waals surface area contributed by atoms with E-state index in [0.29, 0.717) is 25.2 Å². The molecule has 2 aromatic rings. The van der Waals surface area contributed by atoms with E-state index in [4.69, 9.17) is 4.98 Å². The minimum Gasteiger partial charge on any atom is -0.385 e.